The minimum atomic E-state index is -4.20. The van der Waals surface area contributed by atoms with Gasteiger partial charge in [-0.15, -0.1) is 24.0 Å². The third kappa shape index (κ3) is 5.28. The third-order valence-corrected chi connectivity index (χ3v) is 5.74. The molecular formula is C19H27F4IN4. The van der Waals surface area contributed by atoms with Gasteiger partial charge in [0.05, 0.1) is 0 Å². The number of nitrogens with zero attached hydrogens (tertiary/aromatic N) is 3. The number of piperazine rings is 1. The maximum absolute atomic E-state index is 13.2. The van der Waals surface area contributed by atoms with Crippen molar-refractivity contribution in [2.24, 2.45) is 4.99 Å². The molecule has 1 aliphatic heterocycles. The van der Waals surface area contributed by atoms with E-state index in [1.165, 1.54) is 24.0 Å². The molecule has 1 aromatic rings. The van der Waals surface area contributed by atoms with Gasteiger partial charge >= 0.3 is 6.18 Å². The van der Waals surface area contributed by atoms with Gasteiger partial charge in [-0.2, -0.15) is 13.2 Å². The van der Waals surface area contributed by atoms with Crippen LogP contribution in [0.4, 0.5) is 17.6 Å². The molecule has 4 nitrogen and oxygen atoms in total. The quantitative estimate of drug-likeness (QED) is 0.289. The van der Waals surface area contributed by atoms with Crippen LogP contribution >= 0.6 is 24.0 Å². The Kier molecular flexibility index (Phi) is 7.57. The summed E-state index contributed by atoms with van der Waals surface area (Å²) >= 11 is 0. The molecule has 0 amide bonds. The van der Waals surface area contributed by atoms with E-state index in [4.69, 9.17) is 0 Å². The summed E-state index contributed by atoms with van der Waals surface area (Å²) in [5.41, 5.74) is 1.10. The molecule has 1 saturated heterocycles. The number of aliphatic imine (C=N–C) groups is 1. The van der Waals surface area contributed by atoms with Crippen LogP contribution in [0, 0.1) is 5.82 Å². The van der Waals surface area contributed by atoms with Crippen molar-refractivity contribution >= 4 is 29.9 Å². The van der Waals surface area contributed by atoms with E-state index >= 15 is 0 Å². The van der Waals surface area contributed by atoms with Gasteiger partial charge in [-0.1, -0.05) is 12.1 Å². The summed E-state index contributed by atoms with van der Waals surface area (Å²) in [6.45, 7) is 3.61. The predicted octanol–water partition coefficient (Wildman–Crippen LogP) is 3.62. The fraction of sp³-hybridized carbons (Fsp3) is 0.632. The molecular weight excluding hydrogens is 487 g/mol. The molecule has 28 heavy (non-hydrogen) atoms. The van der Waals surface area contributed by atoms with Gasteiger partial charge in [0.15, 0.2) is 5.96 Å². The Balaban J connectivity index is 0.00000280. The van der Waals surface area contributed by atoms with Gasteiger partial charge in [0.1, 0.15) is 11.9 Å². The molecule has 158 valence electrons. The number of rotatable bonds is 4. The lowest BCUT2D eigenvalue weighted by Crippen LogP contribution is -2.57. The van der Waals surface area contributed by atoms with Gasteiger partial charge in [-0.25, -0.2) is 4.39 Å². The highest BCUT2D eigenvalue weighted by Crippen LogP contribution is 2.47. The SMILES string of the molecule is CN=C(NCC1(c2ccc(F)cc2)CC1)N1CCN(C(C)C(F)(F)F)CC1.I. The summed E-state index contributed by atoms with van der Waals surface area (Å²) < 4.78 is 51.8. The van der Waals surface area contributed by atoms with E-state index in [-0.39, 0.29) is 35.2 Å². The molecule has 0 spiro atoms. The summed E-state index contributed by atoms with van der Waals surface area (Å²) in [6.07, 6.45) is -2.14. The Morgan fingerprint density at radius 3 is 2.18 bits per heavy atom. The summed E-state index contributed by atoms with van der Waals surface area (Å²) in [4.78, 5) is 7.76. The zero-order valence-corrected chi connectivity index (χ0v) is 18.4. The van der Waals surface area contributed by atoms with Crippen molar-refractivity contribution in [2.45, 2.75) is 37.4 Å². The second-order valence-corrected chi connectivity index (χ2v) is 7.43. The molecule has 3 rings (SSSR count). The van der Waals surface area contributed by atoms with Crippen LogP contribution in [0.5, 0.6) is 0 Å². The van der Waals surface area contributed by atoms with Crippen molar-refractivity contribution in [3.05, 3.63) is 35.6 Å². The first-order valence-corrected chi connectivity index (χ1v) is 9.28. The lowest BCUT2D eigenvalue weighted by molar-refractivity contribution is -0.181. The highest BCUT2D eigenvalue weighted by molar-refractivity contribution is 14.0. The van der Waals surface area contributed by atoms with Gasteiger partial charge in [-0.05, 0) is 37.5 Å². The van der Waals surface area contributed by atoms with Crippen molar-refractivity contribution in [3.8, 4) is 0 Å². The molecule has 1 heterocycles. The van der Waals surface area contributed by atoms with Gasteiger partial charge in [0.25, 0.3) is 0 Å². The second-order valence-electron chi connectivity index (χ2n) is 7.43. The van der Waals surface area contributed by atoms with E-state index in [1.807, 2.05) is 17.0 Å². The largest absolute Gasteiger partial charge is 0.403 e. The van der Waals surface area contributed by atoms with Crippen molar-refractivity contribution in [3.63, 3.8) is 0 Å². The number of benzene rings is 1. The number of nitrogens with one attached hydrogen (secondary N) is 1. The standard InChI is InChI=1S/C19H26F4N4.HI/c1-14(19(21,22)23)26-9-11-27(12-10-26)17(24-2)25-13-18(7-8-18)15-3-5-16(20)6-4-15;/h3-6,14H,7-13H2,1-2H3,(H,24,25);1H. The molecule has 0 bridgehead atoms. The molecule has 1 unspecified atom stereocenters. The second kappa shape index (κ2) is 9.15. The summed E-state index contributed by atoms with van der Waals surface area (Å²) in [7, 11) is 1.69. The number of hydrogen-bond donors (Lipinski definition) is 1. The minimum absolute atomic E-state index is 0. The summed E-state index contributed by atoms with van der Waals surface area (Å²) in [5.74, 6) is 0.465. The fourth-order valence-electron chi connectivity index (χ4n) is 3.63. The molecule has 2 fully saturated rings. The lowest BCUT2D eigenvalue weighted by atomic mass is 9.96. The van der Waals surface area contributed by atoms with Gasteiger partial charge in [-0.3, -0.25) is 9.89 Å². The molecule has 1 atom stereocenters. The molecule has 1 aliphatic carbocycles. The third-order valence-electron chi connectivity index (χ3n) is 5.74. The Bertz CT molecular complexity index is 666. The molecule has 9 heteroatoms. The van der Waals surface area contributed by atoms with Crippen LogP contribution in [-0.2, 0) is 5.41 Å². The van der Waals surface area contributed by atoms with Crippen LogP contribution < -0.4 is 5.32 Å². The average molecular weight is 514 g/mol. The summed E-state index contributed by atoms with van der Waals surface area (Å²) in [5, 5.41) is 3.37. The van der Waals surface area contributed by atoms with Crippen LogP contribution in [0.25, 0.3) is 0 Å². The Morgan fingerprint density at radius 2 is 1.71 bits per heavy atom. The molecule has 1 aromatic carbocycles. The Labute approximate surface area is 180 Å². The maximum Gasteiger partial charge on any atom is 0.403 e. The molecule has 2 aliphatic rings. The lowest BCUT2D eigenvalue weighted by Gasteiger charge is -2.40. The van der Waals surface area contributed by atoms with Crippen molar-refractivity contribution < 1.29 is 17.6 Å². The zero-order valence-electron chi connectivity index (χ0n) is 16.1. The molecule has 0 aromatic heterocycles. The van der Waals surface area contributed by atoms with E-state index in [2.05, 4.69) is 10.3 Å². The van der Waals surface area contributed by atoms with Crippen LogP contribution in [0.3, 0.4) is 0 Å². The number of guanidine groups is 1. The van der Waals surface area contributed by atoms with E-state index in [9.17, 15) is 17.6 Å². The zero-order chi connectivity index (χ0) is 19.7. The van der Waals surface area contributed by atoms with Gasteiger partial charge in [0.2, 0.25) is 0 Å². The van der Waals surface area contributed by atoms with Crippen LogP contribution in [0.1, 0.15) is 25.3 Å². The first-order chi connectivity index (χ1) is 12.7. The van der Waals surface area contributed by atoms with Crippen LogP contribution in [0.15, 0.2) is 29.3 Å². The number of halogens is 5. The fourth-order valence-corrected chi connectivity index (χ4v) is 3.63. The van der Waals surface area contributed by atoms with E-state index in [0.717, 1.165) is 18.4 Å². The van der Waals surface area contributed by atoms with Gasteiger partial charge < -0.3 is 10.2 Å². The van der Waals surface area contributed by atoms with Gasteiger partial charge in [0, 0.05) is 45.2 Å². The molecule has 1 saturated carbocycles. The highest BCUT2D eigenvalue weighted by atomic mass is 127. The monoisotopic (exact) mass is 514 g/mol. The van der Waals surface area contributed by atoms with Crippen LogP contribution in [-0.4, -0.2) is 67.7 Å². The normalized spacial score (nSPS) is 21.1. The number of hydrogen-bond acceptors (Lipinski definition) is 2. The van der Waals surface area contributed by atoms with Crippen LogP contribution in [0.2, 0.25) is 0 Å². The molecule has 0 radical (unpaired) electrons. The highest BCUT2D eigenvalue weighted by Gasteiger charge is 2.44. The summed E-state index contributed by atoms with van der Waals surface area (Å²) in [6, 6.07) is 5.17. The Morgan fingerprint density at radius 1 is 1.14 bits per heavy atom. The minimum Gasteiger partial charge on any atom is -0.355 e. The average Bonchev–Trinajstić information content (AvgIpc) is 3.43. The first-order valence-electron chi connectivity index (χ1n) is 9.28. The van der Waals surface area contributed by atoms with Crippen molar-refractivity contribution in [1.29, 1.82) is 0 Å². The maximum atomic E-state index is 13.2. The topological polar surface area (TPSA) is 30.9 Å². The van der Waals surface area contributed by atoms with E-state index in [1.54, 1.807) is 7.05 Å². The number of alkyl halides is 3. The Hall–Kier alpha value is -1.10. The van der Waals surface area contributed by atoms with E-state index in [0.29, 0.717) is 38.7 Å². The first kappa shape index (κ1) is 23.2. The smallest absolute Gasteiger partial charge is 0.355 e. The van der Waals surface area contributed by atoms with E-state index < -0.39 is 12.2 Å². The predicted molar refractivity (Wildman–Crippen MR) is 113 cm³/mol. The molecule has 1 N–H and O–H groups in total. The van der Waals surface area contributed by atoms with Crippen molar-refractivity contribution in [2.75, 3.05) is 39.8 Å². The van der Waals surface area contributed by atoms with Crippen molar-refractivity contribution in [1.82, 2.24) is 15.1 Å².